The first kappa shape index (κ1) is 20.5. The van der Waals surface area contributed by atoms with Gasteiger partial charge in [-0.1, -0.05) is 48.0 Å². The molecule has 2 aromatic carbocycles. The minimum Gasteiger partial charge on any atom is -0.488 e. The molecule has 0 radical (unpaired) electrons. The molecular formula is C21H28BrN2O2+. The fourth-order valence-electron chi connectivity index (χ4n) is 2.82. The van der Waals surface area contributed by atoms with E-state index in [1.807, 2.05) is 31.3 Å². The third kappa shape index (κ3) is 6.15. The maximum absolute atomic E-state index is 12.5. The van der Waals surface area contributed by atoms with Crippen LogP contribution >= 0.6 is 15.9 Å². The number of para-hydroxylation sites is 1. The molecule has 2 rings (SSSR count). The summed E-state index contributed by atoms with van der Waals surface area (Å²) in [5.41, 5.74) is 3.37. The summed E-state index contributed by atoms with van der Waals surface area (Å²) >= 11 is 3.41. The van der Waals surface area contributed by atoms with E-state index < -0.39 is 0 Å². The number of quaternary nitrogens is 1. The molecule has 5 heteroatoms. The molecule has 0 saturated heterocycles. The smallest absolute Gasteiger partial charge is 0.279 e. The van der Waals surface area contributed by atoms with Gasteiger partial charge in [0, 0.05) is 10.2 Å². The second-order valence-electron chi connectivity index (χ2n) is 6.39. The fraction of sp³-hybridized carbons (Fsp3) is 0.381. The summed E-state index contributed by atoms with van der Waals surface area (Å²) in [6.07, 6.45) is 1.82. The van der Waals surface area contributed by atoms with Gasteiger partial charge in [0.1, 0.15) is 18.9 Å². The lowest BCUT2D eigenvalue weighted by atomic mass is 10.0. The molecule has 0 bridgehead atoms. The number of likely N-dealkylation sites (N-methyl/N-ethyl adjacent to an activating group) is 1. The van der Waals surface area contributed by atoms with Gasteiger partial charge < -0.3 is 15.0 Å². The van der Waals surface area contributed by atoms with Crippen molar-refractivity contribution in [2.45, 2.75) is 26.7 Å². The molecule has 0 fully saturated rings. The first-order valence-electron chi connectivity index (χ1n) is 9.13. The standard InChI is InChI=1S/C21H27BrN2O2/c1-4-16-7-6-8-17(5-2)21(16)23-20(25)15-24(3)13-14-26-19-11-9-18(22)10-12-19/h6-12H,4-5,13-15H2,1-3H3,(H,23,25)/p+1. The number of aryl methyl sites for hydroxylation is 2. The molecule has 0 saturated carbocycles. The molecule has 0 spiro atoms. The molecule has 0 heterocycles. The molecular weight excluding hydrogens is 392 g/mol. The molecule has 2 N–H and O–H groups in total. The highest BCUT2D eigenvalue weighted by Crippen LogP contribution is 2.22. The van der Waals surface area contributed by atoms with Gasteiger partial charge in [0.2, 0.25) is 0 Å². The van der Waals surface area contributed by atoms with E-state index in [1.54, 1.807) is 0 Å². The summed E-state index contributed by atoms with van der Waals surface area (Å²) in [7, 11) is 2.01. The van der Waals surface area contributed by atoms with E-state index >= 15 is 0 Å². The Labute approximate surface area is 164 Å². The normalized spacial score (nSPS) is 11.8. The van der Waals surface area contributed by atoms with Crippen molar-refractivity contribution in [3.8, 4) is 5.75 Å². The Morgan fingerprint density at radius 1 is 1.08 bits per heavy atom. The molecule has 26 heavy (non-hydrogen) atoms. The van der Waals surface area contributed by atoms with Gasteiger partial charge in [-0.25, -0.2) is 0 Å². The lowest BCUT2D eigenvalue weighted by molar-refractivity contribution is -0.871. The van der Waals surface area contributed by atoms with Crippen molar-refractivity contribution in [2.75, 3.05) is 32.1 Å². The van der Waals surface area contributed by atoms with Crippen LogP contribution < -0.4 is 15.0 Å². The molecule has 0 aromatic heterocycles. The first-order chi connectivity index (χ1) is 12.5. The van der Waals surface area contributed by atoms with Crippen LogP contribution in [-0.2, 0) is 17.6 Å². The van der Waals surface area contributed by atoms with E-state index in [-0.39, 0.29) is 5.91 Å². The van der Waals surface area contributed by atoms with Gasteiger partial charge in [0.25, 0.3) is 5.91 Å². The minimum absolute atomic E-state index is 0.0433. The maximum Gasteiger partial charge on any atom is 0.279 e. The molecule has 1 unspecified atom stereocenters. The number of hydrogen-bond donors (Lipinski definition) is 2. The average Bonchev–Trinajstić information content (AvgIpc) is 2.63. The molecule has 4 nitrogen and oxygen atoms in total. The summed E-state index contributed by atoms with van der Waals surface area (Å²) in [5.74, 6) is 0.886. The lowest BCUT2D eigenvalue weighted by Gasteiger charge is -2.17. The summed E-state index contributed by atoms with van der Waals surface area (Å²) in [6, 6.07) is 14.0. The third-order valence-electron chi connectivity index (χ3n) is 4.34. The van der Waals surface area contributed by atoms with Crippen molar-refractivity contribution in [1.29, 1.82) is 0 Å². The van der Waals surface area contributed by atoms with Crippen LogP contribution in [0.25, 0.3) is 0 Å². The highest BCUT2D eigenvalue weighted by molar-refractivity contribution is 9.10. The van der Waals surface area contributed by atoms with Crippen molar-refractivity contribution in [1.82, 2.24) is 0 Å². The fourth-order valence-corrected chi connectivity index (χ4v) is 3.09. The van der Waals surface area contributed by atoms with E-state index in [1.165, 1.54) is 11.1 Å². The summed E-state index contributed by atoms with van der Waals surface area (Å²) in [4.78, 5) is 13.6. The van der Waals surface area contributed by atoms with Crippen LogP contribution in [0.4, 0.5) is 5.69 Å². The first-order valence-corrected chi connectivity index (χ1v) is 9.93. The summed E-state index contributed by atoms with van der Waals surface area (Å²) in [5, 5.41) is 3.12. The maximum atomic E-state index is 12.5. The Balaban J connectivity index is 1.83. The number of amides is 1. The summed E-state index contributed by atoms with van der Waals surface area (Å²) < 4.78 is 6.76. The van der Waals surface area contributed by atoms with Gasteiger partial charge in [-0.05, 0) is 48.2 Å². The zero-order valence-corrected chi connectivity index (χ0v) is 17.4. The predicted molar refractivity (Wildman–Crippen MR) is 110 cm³/mol. The third-order valence-corrected chi connectivity index (χ3v) is 4.87. The highest BCUT2D eigenvalue weighted by atomic mass is 79.9. The van der Waals surface area contributed by atoms with Crippen molar-refractivity contribution >= 4 is 27.5 Å². The van der Waals surface area contributed by atoms with Gasteiger partial charge in [-0.15, -0.1) is 0 Å². The molecule has 140 valence electrons. The van der Waals surface area contributed by atoms with Gasteiger partial charge in [-0.2, -0.15) is 0 Å². The van der Waals surface area contributed by atoms with Crippen LogP contribution in [0.5, 0.6) is 5.75 Å². The van der Waals surface area contributed by atoms with E-state index in [0.29, 0.717) is 13.2 Å². The molecule has 0 aliphatic carbocycles. The van der Waals surface area contributed by atoms with Crippen molar-refractivity contribution in [3.05, 3.63) is 58.1 Å². The van der Waals surface area contributed by atoms with Gasteiger partial charge in [0.05, 0.1) is 7.05 Å². The Bertz CT molecular complexity index is 694. The van der Waals surface area contributed by atoms with Crippen molar-refractivity contribution < 1.29 is 14.4 Å². The Morgan fingerprint density at radius 2 is 1.69 bits per heavy atom. The summed E-state index contributed by atoms with van der Waals surface area (Å²) in [6.45, 7) is 5.99. The number of benzene rings is 2. The van der Waals surface area contributed by atoms with Gasteiger partial charge >= 0.3 is 0 Å². The number of hydrogen-bond acceptors (Lipinski definition) is 2. The predicted octanol–water partition coefficient (Wildman–Crippen LogP) is 3.11. The number of halogens is 1. The largest absolute Gasteiger partial charge is 0.488 e. The minimum atomic E-state index is 0.0433. The van der Waals surface area contributed by atoms with E-state index in [9.17, 15) is 4.79 Å². The number of ether oxygens (including phenoxy) is 1. The number of rotatable bonds is 9. The zero-order valence-electron chi connectivity index (χ0n) is 15.8. The van der Waals surface area contributed by atoms with Crippen LogP contribution in [0, 0.1) is 0 Å². The second-order valence-corrected chi connectivity index (χ2v) is 7.31. The van der Waals surface area contributed by atoms with Crippen LogP contribution in [0.15, 0.2) is 46.9 Å². The van der Waals surface area contributed by atoms with E-state index in [0.717, 1.165) is 40.2 Å². The van der Waals surface area contributed by atoms with Crippen LogP contribution in [0.2, 0.25) is 0 Å². The van der Waals surface area contributed by atoms with Crippen molar-refractivity contribution in [3.63, 3.8) is 0 Å². The number of anilines is 1. The molecule has 1 atom stereocenters. The van der Waals surface area contributed by atoms with Crippen molar-refractivity contribution in [2.24, 2.45) is 0 Å². The van der Waals surface area contributed by atoms with E-state index in [2.05, 4.69) is 53.3 Å². The SMILES string of the molecule is CCc1cccc(CC)c1NC(=O)C[NH+](C)CCOc1ccc(Br)cc1. The number of nitrogens with one attached hydrogen (secondary N) is 2. The quantitative estimate of drug-likeness (QED) is 0.655. The Morgan fingerprint density at radius 3 is 2.27 bits per heavy atom. The molecule has 1 amide bonds. The number of carbonyl (C=O) groups is 1. The second kappa shape index (κ2) is 10.3. The number of carbonyl (C=O) groups excluding carboxylic acids is 1. The van der Waals surface area contributed by atoms with E-state index in [4.69, 9.17) is 4.74 Å². The van der Waals surface area contributed by atoms with Gasteiger partial charge in [-0.3, -0.25) is 4.79 Å². The van der Waals surface area contributed by atoms with Gasteiger partial charge in [0.15, 0.2) is 6.54 Å². The molecule has 0 aliphatic heterocycles. The van der Waals surface area contributed by atoms with Crippen LogP contribution in [-0.4, -0.2) is 32.7 Å². The zero-order chi connectivity index (χ0) is 18.9. The Hall–Kier alpha value is -1.85. The monoisotopic (exact) mass is 419 g/mol. The molecule has 0 aliphatic rings. The van der Waals surface area contributed by atoms with Crippen LogP contribution in [0.3, 0.4) is 0 Å². The van der Waals surface area contributed by atoms with Crippen LogP contribution in [0.1, 0.15) is 25.0 Å². The average molecular weight is 420 g/mol. The topological polar surface area (TPSA) is 42.8 Å². The highest BCUT2D eigenvalue weighted by Gasteiger charge is 2.14. The molecule has 2 aromatic rings. The Kier molecular flexibility index (Phi) is 8.13. The lowest BCUT2D eigenvalue weighted by Crippen LogP contribution is -3.10.